The lowest BCUT2D eigenvalue weighted by atomic mass is 10.1. The van der Waals surface area contributed by atoms with E-state index >= 15 is 0 Å². The Balaban J connectivity index is 1.67. The first-order valence-corrected chi connectivity index (χ1v) is 10.7. The highest BCUT2D eigenvalue weighted by molar-refractivity contribution is 5.94. The maximum Gasteiger partial charge on any atom is 0.269 e. The monoisotopic (exact) mass is 431 g/mol. The van der Waals surface area contributed by atoms with Crippen molar-refractivity contribution >= 4 is 17.4 Å². The van der Waals surface area contributed by atoms with E-state index in [1.54, 1.807) is 9.20 Å². The molecular weight excluding hydrogens is 406 g/mol. The summed E-state index contributed by atoms with van der Waals surface area (Å²) in [6, 6.07) is 12.2. The molecule has 1 fully saturated rings. The van der Waals surface area contributed by atoms with Crippen LogP contribution in [0, 0.1) is 6.92 Å². The molecule has 0 spiro atoms. The molecule has 0 aliphatic carbocycles. The summed E-state index contributed by atoms with van der Waals surface area (Å²) < 4.78 is 9.00. The van der Waals surface area contributed by atoms with Gasteiger partial charge in [0.15, 0.2) is 17.2 Å². The van der Waals surface area contributed by atoms with Crippen molar-refractivity contribution in [2.75, 3.05) is 31.2 Å². The fourth-order valence-electron chi connectivity index (χ4n) is 4.10. The van der Waals surface area contributed by atoms with E-state index in [9.17, 15) is 4.79 Å². The Labute approximate surface area is 185 Å². The van der Waals surface area contributed by atoms with Gasteiger partial charge >= 0.3 is 0 Å². The van der Waals surface area contributed by atoms with Crippen LogP contribution in [0.5, 0.6) is 0 Å². The quantitative estimate of drug-likeness (QED) is 0.520. The van der Waals surface area contributed by atoms with Crippen LogP contribution in [0.25, 0.3) is 22.7 Å². The van der Waals surface area contributed by atoms with Crippen molar-refractivity contribution in [2.45, 2.75) is 20.3 Å². The number of rotatable bonds is 5. The molecule has 0 unspecified atom stereocenters. The average molecular weight is 432 g/mol. The first kappa shape index (κ1) is 20.2. The van der Waals surface area contributed by atoms with E-state index in [2.05, 4.69) is 29.1 Å². The number of carbonyl (C=O) groups excluding carboxylic acids is 1. The van der Waals surface area contributed by atoms with Crippen LogP contribution in [0.15, 0.2) is 42.6 Å². The minimum absolute atomic E-state index is 0.257. The molecule has 2 N–H and O–H groups in total. The second-order valence-corrected chi connectivity index (χ2v) is 7.87. The number of aryl methyl sites for hydroxylation is 2. The molecule has 5 rings (SSSR count). The maximum absolute atomic E-state index is 12.0. The zero-order valence-corrected chi connectivity index (χ0v) is 18.2. The van der Waals surface area contributed by atoms with Crippen molar-refractivity contribution < 1.29 is 9.53 Å². The predicted octanol–water partition coefficient (Wildman–Crippen LogP) is 2.39. The van der Waals surface area contributed by atoms with Crippen molar-refractivity contribution in [1.29, 1.82) is 0 Å². The molecule has 0 saturated carbocycles. The smallest absolute Gasteiger partial charge is 0.269 e. The Morgan fingerprint density at radius 3 is 2.69 bits per heavy atom. The highest BCUT2D eigenvalue weighted by Gasteiger charge is 2.23. The number of benzene rings is 1. The third-order valence-electron chi connectivity index (χ3n) is 5.71. The number of nitrogens with two attached hydrogens (primary N) is 1. The van der Waals surface area contributed by atoms with Gasteiger partial charge < -0.3 is 15.4 Å². The number of ether oxygens (including phenoxy) is 1. The van der Waals surface area contributed by atoms with Crippen LogP contribution in [0.1, 0.15) is 28.5 Å². The molecule has 1 saturated heterocycles. The topological polar surface area (TPSA) is 104 Å². The summed E-state index contributed by atoms with van der Waals surface area (Å²) in [5.41, 5.74) is 10.3. The van der Waals surface area contributed by atoms with Crippen LogP contribution in [-0.2, 0) is 11.2 Å². The van der Waals surface area contributed by atoms with E-state index in [4.69, 9.17) is 20.6 Å². The molecule has 164 valence electrons. The van der Waals surface area contributed by atoms with Crippen molar-refractivity contribution in [1.82, 2.24) is 24.4 Å². The largest absolute Gasteiger partial charge is 0.378 e. The van der Waals surface area contributed by atoms with Gasteiger partial charge in [-0.1, -0.05) is 30.7 Å². The molecule has 4 heterocycles. The standard InChI is InChI=1S/C23H25N7O2/c1-3-17-21(22(24)31)27-30-20(28-9-11-32-12-10-28)14-19(25-23(17)30)29-8-7-18(26-29)16-6-4-5-15(2)13-16/h4-8,13-14H,3,9-12H2,1-2H3,(H2,24,31). The third kappa shape index (κ3) is 3.50. The summed E-state index contributed by atoms with van der Waals surface area (Å²) in [6.45, 7) is 6.73. The van der Waals surface area contributed by atoms with Gasteiger partial charge in [-0.3, -0.25) is 4.79 Å². The number of aromatic nitrogens is 5. The molecule has 9 nitrogen and oxygen atoms in total. The number of hydrogen-bond donors (Lipinski definition) is 1. The molecular formula is C23H25N7O2. The number of anilines is 1. The van der Waals surface area contributed by atoms with Crippen LogP contribution in [0.4, 0.5) is 5.82 Å². The second kappa shape index (κ2) is 8.08. The molecule has 1 aliphatic heterocycles. The fourth-order valence-corrected chi connectivity index (χ4v) is 4.10. The van der Waals surface area contributed by atoms with E-state index in [-0.39, 0.29) is 5.69 Å². The highest BCUT2D eigenvalue weighted by atomic mass is 16.5. The number of fused-ring (bicyclic) bond motifs is 1. The van der Waals surface area contributed by atoms with Gasteiger partial charge in [-0.25, -0.2) is 9.67 Å². The number of primary amides is 1. The van der Waals surface area contributed by atoms with Crippen molar-refractivity contribution in [2.24, 2.45) is 5.73 Å². The van der Waals surface area contributed by atoms with Crippen molar-refractivity contribution in [3.8, 4) is 17.1 Å². The van der Waals surface area contributed by atoms with Crippen LogP contribution in [-0.4, -0.2) is 56.6 Å². The number of nitrogens with zero attached hydrogens (tertiary/aromatic N) is 6. The molecule has 0 bridgehead atoms. The minimum Gasteiger partial charge on any atom is -0.378 e. The first-order valence-electron chi connectivity index (χ1n) is 10.7. The third-order valence-corrected chi connectivity index (χ3v) is 5.71. The fraction of sp³-hybridized carbons (Fsp3) is 0.304. The van der Waals surface area contributed by atoms with Gasteiger partial charge in [0.05, 0.1) is 18.9 Å². The summed E-state index contributed by atoms with van der Waals surface area (Å²) >= 11 is 0. The Morgan fingerprint density at radius 1 is 1.16 bits per heavy atom. The molecule has 1 aliphatic rings. The summed E-state index contributed by atoms with van der Waals surface area (Å²) in [6.07, 6.45) is 2.49. The molecule has 0 radical (unpaired) electrons. The van der Waals surface area contributed by atoms with Crippen LogP contribution in [0.3, 0.4) is 0 Å². The Bertz CT molecular complexity index is 1300. The minimum atomic E-state index is -0.553. The summed E-state index contributed by atoms with van der Waals surface area (Å²) in [5.74, 6) is 0.939. The zero-order valence-electron chi connectivity index (χ0n) is 18.2. The van der Waals surface area contributed by atoms with Gasteiger partial charge in [0.25, 0.3) is 5.91 Å². The van der Waals surface area contributed by atoms with E-state index < -0.39 is 5.91 Å². The van der Waals surface area contributed by atoms with Gasteiger partial charge in [0, 0.05) is 36.5 Å². The van der Waals surface area contributed by atoms with Gasteiger partial charge in [0.2, 0.25) is 0 Å². The van der Waals surface area contributed by atoms with Gasteiger partial charge in [0.1, 0.15) is 5.82 Å². The van der Waals surface area contributed by atoms with Crippen molar-refractivity contribution in [3.05, 3.63) is 59.4 Å². The Morgan fingerprint density at radius 2 is 1.97 bits per heavy atom. The van der Waals surface area contributed by atoms with E-state index in [1.807, 2.05) is 37.4 Å². The SMILES string of the molecule is CCc1c(C(N)=O)nn2c(N3CCOCC3)cc(-n3ccc(-c4cccc(C)c4)n3)nc12. The van der Waals surface area contributed by atoms with E-state index in [0.29, 0.717) is 31.1 Å². The maximum atomic E-state index is 12.0. The molecule has 0 atom stereocenters. The lowest BCUT2D eigenvalue weighted by molar-refractivity contribution is 0.0994. The number of hydrogen-bond acceptors (Lipinski definition) is 6. The molecule has 4 aromatic rings. The number of morpholine rings is 1. The van der Waals surface area contributed by atoms with E-state index in [0.717, 1.165) is 35.7 Å². The highest BCUT2D eigenvalue weighted by Crippen LogP contribution is 2.26. The molecule has 1 amide bonds. The zero-order chi connectivity index (χ0) is 22.2. The van der Waals surface area contributed by atoms with Crippen LogP contribution < -0.4 is 10.6 Å². The molecule has 32 heavy (non-hydrogen) atoms. The second-order valence-electron chi connectivity index (χ2n) is 7.87. The Hall–Kier alpha value is -3.72. The van der Waals surface area contributed by atoms with Gasteiger partial charge in [-0.05, 0) is 25.5 Å². The first-order chi connectivity index (χ1) is 15.5. The average Bonchev–Trinajstić information content (AvgIpc) is 3.44. The lowest BCUT2D eigenvalue weighted by Crippen LogP contribution is -2.37. The summed E-state index contributed by atoms with van der Waals surface area (Å²) in [7, 11) is 0. The lowest BCUT2D eigenvalue weighted by Gasteiger charge is -2.29. The predicted molar refractivity (Wildman–Crippen MR) is 121 cm³/mol. The summed E-state index contributed by atoms with van der Waals surface area (Å²) in [5, 5.41) is 9.29. The number of amides is 1. The number of carbonyl (C=O) groups is 1. The van der Waals surface area contributed by atoms with Crippen LogP contribution in [0.2, 0.25) is 0 Å². The molecule has 1 aromatic carbocycles. The van der Waals surface area contributed by atoms with Crippen molar-refractivity contribution in [3.63, 3.8) is 0 Å². The van der Waals surface area contributed by atoms with Gasteiger partial charge in [-0.2, -0.15) is 14.7 Å². The van der Waals surface area contributed by atoms with E-state index in [1.165, 1.54) is 5.56 Å². The molecule has 9 heteroatoms. The van der Waals surface area contributed by atoms with Crippen LogP contribution >= 0.6 is 0 Å². The Kier molecular flexibility index (Phi) is 5.10. The molecule has 3 aromatic heterocycles. The summed E-state index contributed by atoms with van der Waals surface area (Å²) in [4.78, 5) is 19.1. The normalized spacial score (nSPS) is 14.2. The van der Waals surface area contributed by atoms with Gasteiger partial charge in [-0.15, -0.1) is 0 Å².